The maximum absolute atomic E-state index is 5.85. The SMILES string of the molecule is Cn1ncc(Br)c1CN1CCC(N)C1. The van der Waals surface area contributed by atoms with E-state index in [9.17, 15) is 0 Å². The fourth-order valence-corrected chi connectivity index (χ4v) is 2.31. The highest BCUT2D eigenvalue weighted by Gasteiger charge is 2.20. The van der Waals surface area contributed by atoms with Crippen LogP contribution < -0.4 is 5.73 Å². The van der Waals surface area contributed by atoms with Crippen LogP contribution in [0.1, 0.15) is 12.1 Å². The van der Waals surface area contributed by atoms with Crippen LogP contribution in [0.2, 0.25) is 0 Å². The number of hydrogen-bond donors (Lipinski definition) is 1. The molecule has 0 bridgehead atoms. The predicted molar refractivity (Wildman–Crippen MR) is 58.8 cm³/mol. The minimum Gasteiger partial charge on any atom is -0.326 e. The average Bonchev–Trinajstić information content (AvgIpc) is 2.67. The fraction of sp³-hybridized carbons (Fsp3) is 0.667. The Morgan fingerprint density at radius 1 is 1.71 bits per heavy atom. The summed E-state index contributed by atoms with van der Waals surface area (Å²) in [5, 5.41) is 4.19. The van der Waals surface area contributed by atoms with E-state index in [-0.39, 0.29) is 0 Å². The molecule has 0 aromatic carbocycles. The van der Waals surface area contributed by atoms with Gasteiger partial charge >= 0.3 is 0 Å². The lowest BCUT2D eigenvalue weighted by Crippen LogP contribution is -2.27. The molecular weight excluding hydrogens is 244 g/mol. The lowest BCUT2D eigenvalue weighted by molar-refractivity contribution is 0.316. The van der Waals surface area contributed by atoms with Crippen molar-refractivity contribution in [2.75, 3.05) is 13.1 Å². The van der Waals surface area contributed by atoms with Gasteiger partial charge in [0.15, 0.2) is 0 Å². The monoisotopic (exact) mass is 258 g/mol. The standard InChI is InChI=1S/C9H15BrN4/c1-13-9(8(10)4-12-13)6-14-3-2-7(11)5-14/h4,7H,2-3,5-6,11H2,1H3. The van der Waals surface area contributed by atoms with Crippen LogP contribution in [0.3, 0.4) is 0 Å². The molecule has 0 spiro atoms. The Morgan fingerprint density at radius 2 is 2.50 bits per heavy atom. The highest BCUT2D eigenvalue weighted by Crippen LogP contribution is 2.19. The zero-order valence-corrected chi connectivity index (χ0v) is 9.87. The summed E-state index contributed by atoms with van der Waals surface area (Å²) in [5.41, 5.74) is 7.08. The van der Waals surface area contributed by atoms with Gasteiger partial charge < -0.3 is 5.73 Å². The van der Waals surface area contributed by atoms with Crippen LogP contribution >= 0.6 is 15.9 Å². The third kappa shape index (κ3) is 1.99. The molecule has 1 atom stereocenters. The third-order valence-electron chi connectivity index (χ3n) is 2.69. The maximum Gasteiger partial charge on any atom is 0.0663 e. The molecule has 2 rings (SSSR count). The van der Waals surface area contributed by atoms with Crippen molar-refractivity contribution in [1.29, 1.82) is 0 Å². The number of aromatic nitrogens is 2. The molecule has 1 saturated heterocycles. The Balaban J connectivity index is 2.04. The molecule has 4 nitrogen and oxygen atoms in total. The van der Waals surface area contributed by atoms with Crippen molar-refractivity contribution in [3.63, 3.8) is 0 Å². The molecule has 5 heteroatoms. The van der Waals surface area contributed by atoms with Gasteiger partial charge in [0, 0.05) is 32.7 Å². The molecule has 2 heterocycles. The van der Waals surface area contributed by atoms with Gasteiger partial charge in [-0.1, -0.05) is 0 Å². The summed E-state index contributed by atoms with van der Waals surface area (Å²) in [5.74, 6) is 0. The molecule has 1 aliphatic rings. The quantitative estimate of drug-likeness (QED) is 0.851. The molecule has 2 N–H and O–H groups in total. The maximum atomic E-state index is 5.85. The summed E-state index contributed by atoms with van der Waals surface area (Å²) in [6.07, 6.45) is 2.95. The first-order chi connectivity index (χ1) is 6.66. The molecule has 1 aromatic heterocycles. The van der Waals surface area contributed by atoms with Gasteiger partial charge in [0.05, 0.1) is 16.4 Å². The van der Waals surface area contributed by atoms with Gasteiger partial charge in [-0.25, -0.2) is 0 Å². The van der Waals surface area contributed by atoms with E-state index < -0.39 is 0 Å². The molecule has 1 unspecified atom stereocenters. The van der Waals surface area contributed by atoms with E-state index in [0.717, 1.165) is 30.5 Å². The molecule has 0 amide bonds. The molecule has 1 aliphatic heterocycles. The molecule has 0 saturated carbocycles. The van der Waals surface area contributed by atoms with E-state index in [2.05, 4.69) is 25.9 Å². The lowest BCUT2D eigenvalue weighted by atomic mass is 10.3. The molecule has 78 valence electrons. The zero-order valence-electron chi connectivity index (χ0n) is 8.28. The second-order valence-corrected chi connectivity index (χ2v) is 4.70. The lowest BCUT2D eigenvalue weighted by Gasteiger charge is -2.15. The van der Waals surface area contributed by atoms with Crippen LogP contribution in [0.5, 0.6) is 0 Å². The van der Waals surface area contributed by atoms with Crippen molar-refractivity contribution >= 4 is 15.9 Å². The largest absolute Gasteiger partial charge is 0.326 e. The summed E-state index contributed by atoms with van der Waals surface area (Å²) < 4.78 is 2.99. The summed E-state index contributed by atoms with van der Waals surface area (Å²) in [6, 6.07) is 0.349. The minimum atomic E-state index is 0.349. The van der Waals surface area contributed by atoms with Crippen molar-refractivity contribution in [2.45, 2.75) is 19.0 Å². The van der Waals surface area contributed by atoms with Gasteiger partial charge in [-0.3, -0.25) is 9.58 Å². The predicted octanol–water partition coefficient (Wildman–Crippen LogP) is 0.716. The molecule has 14 heavy (non-hydrogen) atoms. The van der Waals surface area contributed by atoms with E-state index in [0.29, 0.717) is 6.04 Å². The molecule has 1 aromatic rings. The first kappa shape index (κ1) is 10.1. The van der Waals surface area contributed by atoms with Crippen LogP contribution in [0, 0.1) is 0 Å². The van der Waals surface area contributed by atoms with E-state index in [4.69, 9.17) is 5.73 Å². The number of nitrogens with two attached hydrogens (primary N) is 1. The average molecular weight is 259 g/mol. The van der Waals surface area contributed by atoms with Crippen molar-refractivity contribution in [1.82, 2.24) is 14.7 Å². The van der Waals surface area contributed by atoms with Crippen molar-refractivity contribution < 1.29 is 0 Å². The Kier molecular flexibility index (Phi) is 2.90. The van der Waals surface area contributed by atoms with Gasteiger partial charge in [0.25, 0.3) is 0 Å². The first-order valence-electron chi connectivity index (χ1n) is 4.81. The summed E-state index contributed by atoms with van der Waals surface area (Å²) in [4.78, 5) is 2.37. The van der Waals surface area contributed by atoms with Gasteiger partial charge in [0.1, 0.15) is 0 Å². The van der Waals surface area contributed by atoms with Gasteiger partial charge in [-0.15, -0.1) is 0 Å². The van der Waals surface area contributed by atoms with E-state index in [1.807, 2.05) is 17.9 Å². The Bertz CT molecular complexity index is 303. The normalized spacial score (nSPS) is 23.2. The number of rotatable bonds is 2. The fourth-order valence-electron chi connectivity index (χ4n) is 1.83. The van der Waals surface area contributed by atoms with Gasteiger partial charge in [0.2, 0.25) is 0 Å². The van der Waals surface area contributed by atoms with Crippen LogP contribution in [-0.4, -0.2) is 33.8 Å². The number of hydrogen-bond acceptors (Lipinski definition) is 3. The van der Waals surface area contributed by atoms with Crippen LogP contribution in [-0.2, 0) is 13.6 Å². The molecular formula is C9H15BrN4. The second kappa shape index (κ2) is 4.00. The van der Waals surface area contributed by atoms with Gasteiger partial charge in [-0.2, -0.15) is 5.10 Å². The van der Waals surface area contributed by atoms with E-state index in [1.54, 1.807) is 0 Å². The highest BCUT2D eigenvalue weighted by atomic mass is 79.9. The Morgan fingerprint density at radius 3 is 3.00 bits per heavy atom. The summed E-state index contributed by atoms with van der Waals surface area (Å²) in [7, 11) is 1.97. The number of halogens is 1. The highest BCUT2D eigenvalue weighted by molar-refractivity contribution is 9.10. The Hall–Kier alpha value is -0.390. The number of nitrogens with zero attached hydrogens (tertiary/aromatic N) is 3. The third-order valence-corrected chi connectivity index (χ3v) is 3.36. The summed E-state index contributed by atoms with van der Waals surface area (Å²) in [6.45, 7) is 3.03. The number of aryl methyl sites for hydroxylation is 1. The van der Waals surface area contributed by atoms with Crippen LogP contribution in [0.15, 0.2) is 10.7 Å². The Labute approximate surface area is 92.2 Å². The zero-order chi connectivity index (χ0) is 10.1. The smallest absolute Gasteiger partial charge is 0.0663 e. The van der Waals surface area contributed by atoms with Crippen LogP contribution in [0.25, 0.3) is 0 Å². The first-order valence-corrected chi connectivity index (χ1v) is 5.60. The molecule has 1 fully saturated rings. The molecule has 0 aliphatic carbocycles. The second-order valence-electron chi connectivity index (χ2n) is 3.85. The van der Waals surface area contributed by atoms with E-state index >= 15 is 0 Å². The van der Waals surface area contributed by atoms with Crippen LogP contribution in [0.4, 0.5) is 0 Å². The van der Waals surface area contributed by atoms with Crippen molar-refractivity contribution in [2.24, 2.45) is 12.8 Å². The van der Waals surface area contributed by atoms with Crippen molar-refractivity contribution in [3.8, 4) is 0 Å². The minimum absolute atomic E-state index is 0.349. The van der Waals surface area contributed by atoms with Gasteiger partial charge in [-0.05, 0) is 22.4 Å². The van der Waals surface area contributed by atoms with E-state index in [1.165, 1.54) is 5.69 Å². The summed E-state index contributed by atoms with van der Waals surface area (Å²) >= 11 is 3.50. The number of likely N-dealkylation sites (tertiary alicyclic amines) is 1. The molecule has 0 radical (unpaired) electrons. The van der Waals surface area contributed by atoms with Crippen molar-refractivity contribution in [3.05, 3.63) is 16.4 Å². The topological polar surface area (TPSA) is 47.1 Å².